The fraction of sp³-hybridized carbons (Fsp3) is 0.647. The molecule has 1 aromatic rings. The van der Waals surface area contributed by atoms with E-state index in [1.54, 1.807) is 0 Å². The lowest BCUT2D eigenvalue weighted by atomic mass is 9.96. The molecular formula is C17H28N2O. The second-order valence-corrected chi connectivity index (χ2v) is 6.13. The molecule has 0 atom stereocenters. The van der Waals surface area contributed by atoms with E-state index < -0.39 is 0 Å². The summed E-state index contributed by atoms with van der Waals surface area (Å²) in [5.41, 5.74) is 2.82. The average Bonchev–Trinajstić information content (AvgIpc) is 2.44. The highest BCUT2D eigenvalue weighted by atomic mass is 16.3. The maximum Gasteiger partial charge on any atom is 0.0558 e. The van der Waals surface area contributed by atoms with Gasteiger partial charge in [0.2, 0.25) is 0 Å². The maximum atomic E-state index is 8.97. The zero-order valence-electron chi connectivity index (χ0n) is 12.9. The molecule has 2 rings (SSSR count). The zero-order valence-corrected chi connectivity index (χ0v) is 12.9. The number of hydrogen-bond acceptors (Lipinski definition) is 3. The van der Waals surface area contributed by atoms with Crippen LogP contribution in [0, 0.1) is 12.8 Å². The van der Waals surface area contributed by atoms with Crippen LogP contribution >= 0.6 is 0 Å². The van der Waals surface area contributed by atoms with Crippen LogP contribution in [0.2, 0.25) is 0 Å². The van der Waals surface area contributed by atoms with Crippen LogP contribution in [0.3, 0.4) is 0 Å². The van der Waals surface area contributed by atoms with Gasteiger partial charge in [0, 0.05) is 19.6 Å². The van der Waals surface area contributed by atoms with Crippen LogP contribution < -0.4 is 0 Å². The van der Waals surface area contributed by atoms with Crippen LogP contribution in [-0.4, -0.2) is 54.7 Å². The molecule has 0 amide bonds. The van der Waals surface area contributed by atoms with Gasteiger partial charge in [0.15, 0.2) is 0 Å². The number of aliphatic hydroxyl groups excluding tert-OH is 1. The molecule has 0 aliphatic carbocycles. The molecule has 1 aliphatic rings. The summed E-state index contributed by atoms with van der Waals surface area (Å²) in [6, 6.07) is 8.66. The minimum atomic E-state index is 0.290. The average molecular weight is 276 g/mol. The number of rotatable bonds is 6. The van der Waals surface area contributed by atoms with E-state index in [9.17, 15) is 0 Å². The highest BCUT2D eigenvalue weighted by Crippen LogP contribution is 2.19. The van der Waals surface area contributed by atoms with Gasteiger partial charge in [0.25, 0.3) is 0 Å². The van der Waals surface area contributed by atoms with Crippen molar-refractivity contribution in [3.05, 3.63) is 35.4 Å². The van der Waals surface area contributed by atoms with Gasteiger partial charge in [0.1, 0.15) is 0 Å². The van der Waals surface area contributed by atoms with E-state index in [1.165, 1.54) is 30.5 Å². The third-order valence-corrected chi connectivity index (χ3v) is 4.39. The first-order chi connectivity index (χ1) is 9.69. The zero-order chi connectivity index (χ0) is 14.4. The number of nitrogens with zero attached hydrogens (tertiary/aromatic N) is 2. The molecule has 20 heavy (non-hydrogen) atoms. The van der Waals surface area contributed by atoms with Crippen molar-refractivity contribution < 1.29 is 5.11 Å². The smallest absolute Gasteiger partial charge is 0.0558 e. The molecule has 3 nitrogen and oxygen atoms in total. The number of likely N-dealkylation sites (tertiary alicyclic amines) is 1. The van der Waals surface area contributed by atoms with E-state index in [-0.39, 0.29) is 6.61 Å². The van der Waals surface area contributed by atoms with Crippen molar-refractivity contribution in [3.8, 4) is 0 Å². The predicted octanol–water partition coefficient (Wildman–Crippen LogP) is 2.13. The molecule has 112 valence electrons. The molecule has 1 N–H and O–H groups in total. The first kappa shape index (κ1) is 15.5. The number of piperidine rings is 1. The Kier molecular flexibility index (Phi) is 6.02. The molecule has 1 aromatic carbocycles. The Labute approximate surface area is 123 Å². The van der Waals surface area contributed by atoms with Gasteiger partial charge in [-0.15, -0.1) is 0 Å². The summed E-state index contributed by atoms with van der Waals surface area (Å²) in [6.07, 6.45) is 2.52. The molecule has 0 bridgehead atoms. The maximum absolute atomic E-state index is 8.97. The summed E-state index contributed by atoms with van der Waals surface area (Å²) in [5, 5.41) is 8.97. The highest BCUT2D eigenvalue weighted by Gasteiger charge is 2.20. The Morgan fingerprint density at radius 2 is 1.95 bits per heavy atom. The number of β-amino-alcohol motifs (C(OH)–C–C–N with tert-alkyl or cyclic N) is 1. The van der Waals surface area contributed by atoms with Crippen LogP contribution in [0.1, 0.15) is 24.0 Å². The molecule has 0 aromatic heterocycles. The second-order valence-electron chi connectivity index (χ2n) is 6.13. The lowest BCUT2D eigenvalue weighted by molar-refractivity contribution is 0.129. The molecular weight excluding hydrogens is 248 g/mol. The molecule has 1 saturated heterocycles. The largest absolute Gasteiger partial charge is 0.395 e. The van der Waals surface area contributed by atoms with E-state index in [0.29, 0.717) is 0 Å². The SMILES string of the molecule is Cc1ccccc1CN(C)CC1CCN(CCO)CC1. The topological polar surface area (TPSA) is 26.7 Å². The van der Waals surface area contributed by atoms with Gasteiger partial charge in [-0.1, -0.05) is 24.3 Å². The Morgan fingerprint density at radius 1 is 1.25 bits per heavy atom. The first-order valence-electron chi connectivity index (χ1n) is 7.75. The van der Waals surface area contributed by atoms with Crippen molar-refractivity contribution in [2.45, 2.75) is 26.3 Å². The molecule has 1 heterocycles. The number of hydrogen-bond donors (Lipinski definition) is 1. The quantitative estimate of drug-likeness (QED) is 0.862. The van der Waals surface area contributed by atoms with Crippen molar-refractivity contribution in [1.29, 1.82) is 0 Å². The summed E-state index contributed by atoms with van der Waals surface area (Å²) < 4.78 is 0. The standard InChI is InChI=1S/C17H28N2O/c1-15-5-3-4-6-17(15)14-18(2)13-16-7-9-19(10-8-16)11-12-20/h3-6,16,20H,7-14H2,1-2H3. The minimum Gasteiger partial charge on any atom is -0.395 e. The molecule has 0 spiro atoms. The number of aliphatic hydroxyl groups is 1. The summed E-state index contributed by atoms with van der Waals surface area (Å²) in [7, 11) is 2.23. The van der Waals surface area contributed by atoms with Crippen molar-refractivity contribution in [2.75, 3.05) is 39.8 Å². The van der Waals surface area contributed by atoms with Crippen LogP contribution in [-0.2, 0) is 6.54 Å². The summed E-state index contributed by atoms with van der Waals surface area (Å²) in [5.74, 6) is 0.805. The van der Waals surface area contributed by atoms with Crippen LogP contribution in [0.25, 0.3) is 0 Å². The van der Waals surface area contributed by atoms with Gasteiger partial charge in [-0.3, -0.25) is 0 Å². The summed E-state index contributed by atoms with van der Waals surface area (Å²) in [6.45, 7) is 7.83. The predicted molar refractivity (Wildman–Crippen MR) is 83.8 cm³/mol. The molecule has 3 heteroatoms. The van der Waals surface area contributed by atoms with Crippen LogP contribution in [0.15, 0.2) is 24.3 Å². The fourth-order valence-corrected chi connectivity index (χ4v) is 3.12. The van der Waals surface area contributed by atoms with Crippen molar-refractivity contribution in [3.63, 3.8) is 0 Å². The van der Waals surface area contributed by atoms with Gasteiger partial charge >= 0.3 is 0 Å². The van der Waals surface area contributed by atoms with Crippen LogP contribution in [0.4, 0.5) is 0 Å². The molecule has 0 radical (unpaired) electrons. The van der Waals surface area contributed by atoms with Crippen LogP contribution in [0.5, 0.6) is 0 Å². The fourth-order valence-electron chi connectivity index (χ4n) is 3.12. The van der Waals surface area contributed by atoms with E-state index in [2.05, 4.69) is 48.0 Å². The molecule has 0 saturated carbocycles. The normalized spacial score (nSPS) is 17.8. The Bertz CT molecular complexity index is 400. The van der Waals surface area contributed by atoms with Gasteiger partial charge in [-0.2, -0.15) is 0 Å². The molecule has 1 aliphatic heterocycles. The Morgan fingerprint density at radius 3 is 2.60 bits per heavy atom. The lowest BCUT2D eigenvalue weighted by Gasteiger charge is -2.33. The van der Waals surface area contributed by atoms with E-state index >= 15 is 0 Å². The molecule has 1 fully saturated rings. The number of benzene rings is 1. The van der Waals surface area contributed by atoms with Gasteiger partial charge in [-0.25, -0.2) is 0 Å². The monoisotopic (exact) mass is 276 g/mol. The molecule has 0 unspecified atom stereocenters. The van der Waals surface area contributed by atoms with Gasteiger partial charge in [-0.05, 0) is 56.9 Å². The van der Waals surface area contributed by atoms with Gasteiger partial charge < -0.3 is 14.9 Å². The van der Waals surface area contributed by atoms with E-state index in [4.69, 9.17) is 5.11 Å². The minimum absolute atomic E-state index is 0.290. The van der Waals surface area contributed by atoms with Gasteiger partial charge in [0.05, 0.1) is 6.61 Å². The summed E-state index contributed by atoms with van der Waals surface area (Å²) >= 11 is 0. The number of aryl methyl sites for hydroxylation is 1. The van der Waals surface area contributed by atoms with E-state index in [1.807, 2.05) is 0 Å². The second kappa shape index (κ2) is 7.77. The lowest BCUT2D eigenvalue weighted by Crippen LogP contribution is -2.38. The van der Waals surface area contributed by atoms with Crippen molar-refractivity contribution >= 4 is 0 Å². The first-order valence-corrected chi connectivity index (χ1v) is 7.75. The Hall–Kier alpha value is -0.900. The summed E-state index contributed by atoms with van der Waals surface area (Å²) in [4.78, 5) is 4.83. The Balaban J connectivity index is 1.75. The third kappa shape index (κ3) is 4.58. The van der Waals surface area contributed by atoms with Crippen molar-refractivity contribution in [1.82, 2.24) is 9.80 Å². The third-order valence-electron chi connectivity index (χ3n) is 4.39. The van der Waals surface area contributed by atoms with Crippen molar-refractivity contribution in [2.24, 2.45) is 5.92 Å². The van der Waals surface area contributed by atoms with E-state index in [0.717, 1.165) is 32.1 Å². The highest BCUT2D eigenvalue weighted by molar-refractivity contribution is 5.25.